The SMILES string of the molecule is CC(C)C[C@@H]1NC(=O)[C@H](Cc2cnc[nH]2)NC(=O)[C@@H]2CCSSCC[C@H](NC(=O)[C@H](CC(C)C)NC(=O)[C@H](CCC(=O)O)NC(=O)CNC1=O)C(=O)N[C@@H](Cc1c[nH]c3ccccc13)C(=O)N[C@H](C(=O)N[C@H](C(N)=O)[C@@H](C)O)CSSC[C@H](NC(C)(C)C)C(=O)N[C@@H](C)C(=O)N2. The maximum atomic E-state index is 15.1. The molecule has 3 aromatic rings. The fraction of sp³-hybridized carbons (Fsp3) is 0.607. The molecule has 0 radical (unpaired) electrons. The van der Waals surface area contributed by atoms with E-state index in [0.717, 1.165) is 21.6 Å². The molecule has 4 heterocycles. The standard InChI is InChI=1S/C61H92N16O15S4/c1-30(2)20-41-52(84)65-26-47(79)68-38(14-15-48(80)81)53(85)72-42(21-31(3)4)56(88)70-40-17-19-94-93-18-16-39(54(86)74-44(58(90)71-41)23-35-25-63-29-66-35)69-51(83)32(5)67-60(92)46(77-61(7,8)9)28-96-95-27-45(59(91)76-49(33(6)78)50(62)82)75-57(89)43(73-55(40)87)22-34-24-64-37-13-11-10-12-36(34)37/h10-13,24-25,29-33,38-46,49,64,77-78H,14-23,26-28H2,1-9H3,(H2,62,82)(H,63,66)(H,65,84)(H,67,92)(H,68,79)(H,69,83)(H,70,88)(H,71,90)(H,72,85)(H,73,87)(H,74,86)(H,75,89)(H,76,91)(H,80,81)/t32-,33+,38-,39-,40-,41-,42-,43-,44-,45-,46-,49-/m0/s1. The van der Waals surface area contributed by atoms with Gasteiger partial charge in [-0.05, 0) is 90.2 Å². The number of nitrogens with one attached hydrogen (secondary N) is 14. The Labute approximate surface area is 572 Å². The first-order chi connectivity index (χ1) is 45.3. The molecule has 0 unspecified atom stereocenters. The summed E-state index contributed by atoms with van der Waals surface area (Å²) in [5.41, 5.74) is 6.49. The van der Waals surface area contributed by atoms with Crippen LogP contribution < -0.4 is 69.5 Å². The number of nitrogens with two attached hydrogens (primary N) is 1. The zero-order chi connectivity index (χ0) is 71.0. The molecular weight excluding hydrogens is 1330 g/mol. The van der Waals surface area contributed by atoms with Crippen LogP contribution in [0.5, 0.6) is 0 Å². The molecule has 1 aromatic carbocycles. The third-order valence-corrected chi connectivity index (χ3v) is 19.9. The molecule has 2 aliphatic rings. The van der Waals surface area contributed by atoms with Crippen molar-refractivity contribution in [2.45, 2.75) is 192 Å². The molecule has 31 nitrogen and oxygen atoms in total. The van der Waals surface area contributed by atoms with E-state index in [4.69, 9.17) is 5.73 Å². The number of benzene rings is 1. The Bertz CT molecular complexity index is 3200. The molecule has 0 spiro atoms. The number of nitrogens with zero attached hydrogens (tertiary/aromatic N) is 1. The molecule has 2 aromatic heterocycles. The summed E-state index contributed by atoms with van der Waals surface area (Å²) in [6.45, 7) is 14.3. The van der Waals surface area contributed by atoms with E-state index in [0.29, 0.717) is 22.2 Å². The van der Waals surface area contributed by atoms with E-state index in [1.165, 1.54) is 48.0 Å². The predicted octanol–water partition coefficient (Wildman–Crippen LogP) is -1.19. The molecule has 12 atom stereocenters. The lowest BCUT2D eigenvalue weighted by atomic mass is 10.0. The summed E-state index contributed by atoms with van der Waals surface area (Å²) < 4.78 is 0. The number of para-hydroxylation sites is 1. The van der Waals surface area contributed by atoms with Gasteiger partial charge in [0.05, 0.1) is 25.0 Å². The smallest absolute Gasteiger partial charge is 0.303 e. The average molecular weight is 1420 g/mol. The van der Waals surface area contributed by atoms with Crippen LogP contribution in [0.1, 0.15) is 112 Å². The second-order valence-corrected chi connectivity index (χ2v) is 30.7. The fourth-order valence-electron chi connectivity index (χ4n) is 10.1. The number of aromatic nitrogens is 3. The number of imidazole rings is 1. The number of carboxylic acids is 1. The van der Waals surface area contributed by atoms with E-state index in [1.54, 1.807) is 78.9 Å². The molecule has 5 rings (SSSR count). The van der Waals surface area contributed by atoms with Crippen molar-refractivity contribution in [3.63, 3.8) is 0 Å². The topological polar surface area (TPSA) is 477 Å². The first-order valence-electron chi connectivity index (χ1n) is 31.6. The molecule has 12 amide bonds. The maximum absolute atomic E-state index is 15.1. The number of aliphatic carboxylic acids is 1. The van der Waals surface area contributed by atoms with Crippen molar-refractivity contribution in [3.8, 4) is 0 Å². The summed E-state index contributed by atoms with van der Waals surface area (Å²) in [7, 11) is 4.52. The summed E-state index contributed by atoms with van der Waals surface area (Å²) in [5.74, 6) is -12.7. The number of carboxylic acid groups (broad SMARTS) is 1. The number of aliphatic hydroxyl groups excluding tert-OH is 1. The van der Waals surface area contributed by atoms with Crippen LogP contribution in [0.2, 0.25) is 0 Å². The van der Waals surface area contributed by atoms with Crippen LogP contribution in [0.15, 0.2) is 43.0 Å². The van der Waals surface area contributed by atoms with Crippen molar-refractivity contribution in [2.75, 3.05) is 29.6 Å². The Balaban J connectivity index is 1.67. The molecule has 35 heteroatoms. The van der Waals surface area contributed by atoms with Gasteiger partial charge >= 0.3 is 5.97 Å². The lowest BCUT2D eigenvalue weighted by Crippen LogP contribution is -2.61. The molecular formula is C61H92N16O15S4. The number of carbonyl (C=O) groups excluding carboxylic acids is 12. The Kier molecular flexibility index (Phi) is 31.6. The van der Waals surface area contributed by atoms with Gasteiger partial charge in [-0.1, -0.05) is 89.1 Å². The van der Waals surface area contributed by atoms with Gasteiger partial charge < -0.3 is 89.7 Å². The number of fused-ring (bicyclic) bond motifs is 8. The minimum absolute atomic E-state index is 0.0181. The molecule has 530 valence electrons. The highest BCUT2D eigenvalue weighted by Gasteiger charge is 2.38. The van der Waals surface area contributed by atoms with Crippen molar-refractivity contribution in [1.82, 2.24) is 78.8 Å². The third kappa shape index (κ3) is 26.4. The van der Waals surface area contributed by atoms with Crippen LogP contribution in [0, 0.1) is 11.8 Å². The Morgan fingerprint density at radius 3 is 1.77 bits per heavy atom. The van der Waals surface area contributed by atoms with Crippen LogP contribution in [0.3, 0.4) is 0 Å². The first kappa shape index (κ1) is 79.1. The number of carbonyl (C=O) groups is 13. The van der Waals surface area contributed by atoms with Gasteiger partial charge in [-0.2, -0.15) is 0 Å². The monoisotopic (exact) mass is 1420 g/mol. The Morgan fingerprint density at radius 2 is 1.20 bits per heavy atom. The largest absolute Gasteiger partial charge is 0.481 e. The van der Waals surface area contributed by atoms with Gasteiger partial charge in [-0.15, -0.1) is 0 Å². The molecule has 2 saturated heterocycles. The van der Waals surface area contributed by atoms with Crippen LogP contribution in [-0.4, -0.2) is 210 Å². The lowest BCUT2D eigenvalue weighted by molar-refractivity contribution is -0.138. The lowest BCUT2D eigenvalue weighted by Gasteiger charge is -2.29. The first-order valence-corrected chi connectivity index (χ1v) is 36.5. The van der Waals surface area contributed by atoms with Gasteiger partial charge in [0.25, 0.3) is 0 Å². The highest BCUT2D eigenvalue weighted by molar-refractivity contribution is 8.77. The molecule has 96 heavy (non-hydrogen) atoms. The van der Waals surface area contributed by atoms with Crippen molar-refractivity contribution in [1.29, 1.82) is 0 Å². The van der Waals surface area contributed by atoms with E-state index in [-0.39, 0.29) is 73.4 Å². The molecule has 0 saturated carbocycles. The van der Waals surface area contributed by atoms with Gasteiger partial charge in [-0.3, -0.25) is 62.3 Å². The van der Waals surface area contributed by atoms with Gasteiger partial charge in [0.1, 0.15) is 60.4 Å². The summed E-state index contributed by atoms with van der Waals surface area (Å²) in [5, 5.41) is 53.2. The third-order valence-electron chi connectivity index (χ3n) is 15.0. The molecule has 2 fully saturated rings. The van der Waals surface area contributed by atoms with E-state index in [9.17, 15) is 63.0 Å². The van der Waals surface area contributed by atoms with Gasteiger partial charge in [0, 0.05) is 76.8 Å². The molecule has 18 N–H and O–H groups in total. The summed E-state index contributed by atoms with van der Waals surface area (Å²) in [6, 6.07) is -8.55. The predicted molar refractivity (Wildman–Crippen MR) is 365 cm³/mol. The zero-order valence-electron chi connectivity index (χ0n) is 55.2. The highest BCUT2D eigenvalue weighted by atomic mass is 33.1. The van der Waals surface area contributed by atoms with E-state index in [2.05, 4.69) is 78.8 Å². The number of primary amides is 1. The summed E-state index contributed by atoms with van der Waals surface area (Å²) >= 11 is 0. The number of aliphatic hydroxyl groups is 1. The van der Waals surface area contributed by atoms with E-state index < -0.39 is 174 Å². The number of amides is 12. The fourth-order valence-corrected chi connectivity index (χ4v) is 14.6. The highest BCUT2D eigenvalue weighted by Crippen LogP contribution is 2.27. The van der Waals surface area contributed by atoms with Crippen LogP contribution in [0.4, 0.5) is 0 Å². The minimum atomic E-state index is -1.62. The van der Waals surface area contributed by atoms with Crippen LogP contribution >= 0.6 is 43.2 Å². The van der Waals surface area contributed by atoms with Crippen LogP contribution in [-0.2, 0) is 75.2 Å². The molecule has 2 bridgehead atoms. The van der Waals surface area contributed by atoms with E-state index >= 15 is 9.59 Å². The van der Waals surface area contributed by atoms with Crippen molar-refractivity contribution < 1.29 is 72.5 Å². The number of rotatable bonds is 16. The quantitative estimate of drug-likeness (QED) is 0.0750. The number of hydrogen-bond donors (Lipinski definition) is 17. The van der Waals surface area contributed by atoms with Gasteiger partial charge in [0.15, 0.2) is 0 Å². The average Bonchev–Trinajstić information content (AvgIpc) is 1.61. The Hall–Kier alpha value is -7.60. The Morgan fingerprint density at radius 1 is 0.646 bits per heavy atom. The second-order valence-electron chi connectivity index (χ2n) is 25.4. The normalized spacial score (nSPS) is 25.3. The molecule has 2 aliphatic heterocycles. The zero-order valence-corrected chi connectivity index (χ0v) is 58.4. The van der Waals surface area contributed by atoms with Crippen molar-refractivity contribution >= 4 is 131 Å². The summed E-state index contributed by atoms with van der Waals surface area (Å²) in [6.07, 6.45) is 1.11. The maximum Gasteiger partial charge on any atom is 0.303 e. The molecule has 0 aliphatic carbocycles. The summed E-state index contributed by atoms with van der Waals surface area (Å²) in [4.78, 5) is 194. The van der Waals surface area contributed by atoms with Gasteiger partial charge in [0.2, 0.25) is 70.9 Å². The number of aromatic amines is 2. The van der Waals surface area contributed by atoms with E-state index in [1.807, 2.05) is 0 Å². The minimum Gasteiger partial charge on any atom is -0.481 e. The number of hydrogen-bond acceptors (Lipinski definition) is 20. The van der Waals surface area contributed by atoms with Crippen molar-refractivity contribution in [2.24, 2.45) is 17.6 Å². The second kappa shape index (κ2) is 38.4. The van der Waals surface area contributed by atoms with Crippen molar-refractivity contribution in [3.05, 3.63) is 54.2 Å². The van der Waals surface area contributed by atoms with Crippen LogP contribution in [0.25, 0.3) is 10.9 Å². The van der Waals surface area contributed by atoms with Gasteiger partial charge in [-0.25, -0.2) is 4.98 Å². The number of H-pyrrole nitrogens is 2.